The normalized spacial score (nSPS) is 11.4. The highest BCUT2D eigenvalue weighted by molar-refractivity contribution is 7.93. The molecule has 0 aliphatic rings. The lowest BCUT2D eigenvalue weighted by molar-refractivity contribution is 0.601. The Morgan fingerprint density at radius 2 is 1.86 bits per heavy atom. The number of para-hydroxylation sites is 1. The van der Waals surface area contributed by atoms with Gasteiger partial charge < -0.3 is 5.73 Å². The van der Waals surface area contributed by atoms with Gasteiger partial charge in [0.15, 0.2) is 0 Å². The van der Waals surface area contributed by atoms with Gasteiger partial charge in [-0.25, -0.2) is 8.42 Å². The molecule has 0 aromatic heterocycles. The second kappa shape index (κ2) is 6.13. The van der Waals surface area contributed by atoms with Gasteiger partial charge in [0.2, 0.25) is 0 Å². The lowest BCUT2D eigenvalue weighted by Crippen LogP contribution is -2.16. The number of aryl methyl sites for hydroxylation is 1. The van der Waals surface area contributed by atoms with E-state index in [1.165, 1.54) is 12.1 Å². The van der Waals surface area contributed by atoms with Crippen LogP contribution in [0, 0.1) is 0 Å². The molecule has 0 unspecified atom stereocenters. The zero-order valence-corrected chi connectivity index (χ0v) is 13.6. The SMILES string of the molecule is CCc1ccccc1NS(=O)(=O)c1c(N)cc(Cl)cc1Cl. The third-order valence-corrected chi connectivity index (χ3v) is 5.06. The third kappa shape index (κ3) is 3.43. The van der Waals surface area contributed by atoms with Crippen molar-refractivity contribution >= 4 is 44.6 Å². The van der Waals surface area contributed by atoms with E-state index in [4.69, 9.17) is 28.9 Å². The molecule has 112 valence electrons. The third-order valence-electron chi connectivity index (χ3n) is 2.95. The molecule has 0 aliphatic carbocycles. The average Bonchev–Trinajstić information content (AvgIpc) is 2.37. The molecule has 2 aromatic carbocycles. The summed E-state index contributed by atoms with van der Waals surface area (Å²) in [4.78, 5) is -0.167. The van der Waals surface area contributed by atoms with Crippen molar-refractivity contribution in [2.75, 3.05) is 10.5 Å². The van der Waals surface area contributed by atoms with Crippen molar-refractivity contribution in [3.05, 3.63) is 52.0 Å². The lowest BCUT2D eigenvalue weighted by atomic mass is 10.1. The van der Waals surface area contributed by atoms with E-state index in [9.17, 15) is 8.42 Å². The number of halogens is 2. The van der Waals surface area contributed by atoms with Crippen LogP contribution in [0.3, 0.4) is 0 Å². The van der Waals surface area contributed by atoms with E-state index in [1.807, 2.05) is 19.1 Å². The number of hydrogen-bond acceptors (Lipinski definition) is 3. The van der Waals surface area contributed by atoms with Crippen LogP contribution < -0.4 is 10.5 Å². The molecule has 0 amide bonds. The maximum Gasteiger partial charge on any atom is 0.265 e. The molecule has 7 heteroatoms. The minimum absolute atomic E-state index is 0.00831. The Bertz CT molecular complexity index is 753. The molecule has 0 fully saturated rings. The molecule has 0 heterocycles. The molecule has 2 rings (SSSR count). The summed E-state index contributed by atoms with van der Waals surface area (Å²) >= 11 is 11.8. The largest absolute Gasteiger partial charge is 0.398 e. The molecule has 2 aromatic rings. The van der Waals surface area contributed by atoms with Crippen molar-refractivity contribution in [3.63, 3.8) is 0 Å². The number of rotatable bonds is 4. The van der Waals surface area contributed by atoms with Crippen molar-refractivity contribution in [2.24, 2.45) is 0 Å². The summed E-state index contributed by atoms with van der Waals surface area (Å²) < 4.78 is 27.5. The molecule has 3 N–H and O–H groups in total. The number of anilines is 2. The molecule has 0 bridgehead atoms. The maximum absolute atomic E-state index is 12.5. The minimum Gasteiger partial charge on any atom is -0.398 e. The van der Waals surface area contributed by atoms with E-state index in [-0.39, 0.29) is 20.6 Å². The zero-order valence-electron chi connectivity index (χ0n) is 11.2. The van der Waals surface area contributed by atoms with Gasteiger partial charge in [-0.15, -0.1) is 0 Å². The highest BCUT2D eigenvalue weighted by atomic mass is 35.5. The van der Waals surface area contributed by atoms with E-state index >= 15 is 0 Å². The summed E-state index contributed by atoms with van der Waals surface area (Å²) in [5.41, 5.74) is 7.14. The molecule has 0 atom stereocenters. The van der Waals surface area contributed by atoms with Crippen LogP contribution in [0.2, 0.25) is 10.0 Å². The van der Waals surface area contributed by atoms with Crippen LogP contribution in [0.25, 0.3) is 0 Å². The Morgan fingerprint density at radius 1 is 1.19 bits per heavy atom. The van der Waals surface area contributed by atoms with Gasteiger partial charge in [0, 0.05) is 5.02 Å². The molecule has 21 heavy (non-hydrogen) atoms. The number of benzene rings is 2. The van der Waals surface area contributed by atoms with E-state index in [1.54, 1.807) is 12.1 Å². The standard InChI is InChI=1S/C14H14Cl2N2O2S/c1-2-9-5-3-4-6-13(9)18-21(19,20)14-11(16)7-10(15)8-12(14)17/h3-8,18H,2,17H2,1H3. The first kappa shape index (κ1) is 15.9. The van der Waals surface area contributed by atoms with E-state index in [2.05, 4.69) is 4.72 Å². The van der Waals surface area contributed by atoms with Gasteiger partial charge >= 0.3 is 0 Å². The molecule has 0 saturated carbocycles. The predicted octanol–water partition coefficient (Wildman–Crippen LogP) is 3.94. The van der Waals surface area contributed by atoms with Gasteiger partial charge in [-0.3, -0.25) is 4.72 Å². The molecule has 0 saturated heterocycles. The van der Waals surface area contributed by atoms with Crippen LogP contribution in [0.15, 0.2) is 41.3 Å². The Kier molecular flexibility index (Phi) is 4.66. The van der Waals surface area contributed by atoms with Gasteiger partial charge in [0.1, 0.15) is 4.90 Å². The molecule has 4 nitrogen and oxygen atoms in total. The van der Waals surface area contributed by atoms with Crippen molar-refractivity contribution in [1.82, 2.24) is 0 Å². The van der Waals surface area contributed by atoms with Gasteiger partial charge in [-0.2, -0.15) is 0 Å². The number of sulfonamides is 1. The number of nitrogen functional groups attached to an aromatic ring is 1. The second-order valence-corrected chi connectivity index (χ2v) is 6.89. The fourth-order valence-corrected chi connectivity index (χ4v) is 4.08. The van der Waals surface area contributed by atoms with Gasteiger partial charge in [-0.05, 0) is 30.2 Å². The number of nitrogens with one attached hydrogen (secondary N) is 1. The van der Waals surface area contributed by atoms with Gasteiger partial charge in [0.25, 0.3) is 10.0 Å². The molecular weight excluding hydrogens is 331 g/mol. The average molecular weight is 345 g/mol. The first-order valence-electron chi connectivity index (χ1n) is 6.20. The Balaban J connectivity index is 2.49. The minimum atomic E-state index is -3.89. The molecular formula is C14H14Cl2N2O2S. The van der Waals surface area contributed by atoms with Gasteiger partial charge in [-0.1, -0.05) is 48.3 Å². The summed E-state index contributed by atoms with van der Waals surface area (Å²) in [6, 6.07) is 9.85. The van der Waals surface area contributed by atoms with Crippen LogP contribution in [-0.2, 0) is 16.4 Å². The fourth-order valence-electron chi connectivity index (χ4n) is 1.99. The molecule has 0 spiro atoms. The molecule has 0 aliphatic heterocycles. The topological polar surface area (TPSA) is 72.2 Å². The number of hydrogen-bond donors (Lipinski definition) is 2. The zero-order chi connectivity index (χ0) is 15.6. The van der Waals surface area contributed by atoms with Crippen molar-refractivity contribution in [3.8, 4) is 0 Å². The fraction of sp³-hybridized carbons (Fsp3) is 0.143. The highest BCUT2D eigenvalue weighted by Crippen LogP contribution is 2.32. The maximum atomic E-state index is 12.5. The Hall–Kier alpha value is -1.43. The van der Waals surface area contributed by atoms with Crippen molar-refractivity contribution in [1.29, 1.82) is 0 Å². The molecule has 0 radical (unpaired) electrons. The first-order chi connectivity index (χ1) is 9.85. The van der Waals surface area contributed by atoms with Crippen LogP contribution in [0.1, 0.15) is 12.5 Å². The summed E-state index contributed by atoms with van der Waals surface area (Å²) in [7, 11) is -3.89. The highest BCUT2D eigenvalue weighted by Gasteiger charge is 2.22. The van der Waals surface area contributed by atoms with E-state index in [0.29, 0.717) is 12.1 Å². The van der Waals surface area contributed by atoms with Gasteiger partial charge in [0.05, 0.1) is 16.4 Å². The summed E-state index contributed by atoms with van der Waals surface area (Å²) in [5, 5.41) is 0.270. The lowest BCUT2D eigenvalue weighted by Gasteiger charge is -2.14. The summed E-state index contributed by atoms with van der Waals surface area (Å²) in [6.45, 7) is 1.94. The van der Waals surface area contributed by atoms with Crippen LogP contribution in [0.5, 0.6) is 0 Å². The van der Waals surface area contributed by atoms with Crippen LogP contribution in [0.4, 0.5) is 11.4 Å². The van der Waals surface area contributed by atoms with Crippen LogP contribution in [-0.4, -0.2) is 8.42 Å². The predicted molar refractivity (Wildman–Crippen MR) is 87.5 cm³/mol. The monoisotopic (exact) mass is 344 g/mol. The van der Waals surface area contributed by atoms with E-state index in [0.717, 1.165) is 5.56 Å². The van der Waals surface area contributed by atoms with Crippen LogP contribution >= 0.6 is 23.2 Å². The Morgan fingerprint density at radius 3 is 2.48 bits per heavy atom. The smallest absolute Gasteiger partial charge is 0.265 e. The number of nitrogens with two attached hydrogens (primary N) is 1. The second-order valence-electron chi connectivity index (χ2n) is 4.42. The first-order valence-corrected chi connectivity index (χ1v) is 8.44. The summed E-state index contributed by atoms with van der Waals surface area (Å²) in [6.07, 6.45) is 0.697. The Labute approximate surface area is 133 Å². The van der Waals surface area contributed by atoms with Crippen molar-refractivity contribution < 1.29 is 8.42 Å². The summed E-state index contributed by atoms with van der Waals surface area (Å²) in [5.74, 6) is 0. The van der Waals surface area contributed by atoms with Crippen molar-refractivity contribution in [2.45, 2.75) is 18.2 Å². The van der Waals surface area contributed by atoms with E-state index < -0.39 is 10.0 Å². The quantitative estimate of drug-likeness (QED) is 0.825.